The summed E-state index contributed by atoms with van der Waals surface area (Å²) in [5, 5.41) is 35.2. The highest BCUT2D eigenvalue weighted by Gasteiger charge is 2.38. The van der Waals surface area contributed by atoms with E-state index in [0.29, 0.717) is 55.5 Å². The van der Waals surface area contributed by atoms with Crippen molar-refractivity contribution in [1.29, 1.82) is 0 Å². The minimum Gasteiger partial charge on any atom is -0.457 e. The van der Waals surface area contributed by atoms with Crippen molar-refractivity contribution in [3.05, 3.63) is 54.3 Å². The summed E-state index contributed by atoms with van der Waals surface area (Å²) in [6, 6.07) is 13.1. The van der Waals surface area contributed by atoms with Crippen LogP contribution in [-0.2, 0) is 9.59 Å². The van der Waals surface area contributed by atoms with Crippen molar-refractivity contribution in [3.63, 3.8) is 0 Å². The highest BCUT2D eigenvalue weighted by molar-refractivity contribution is 7.97. The van der Waals surface area contributed by atoms with Gasteiger partial charge in [0.25, 0.3) is 0 Å². The number of primary amides is 1. The summed E-state index contributed by atoms with van der Waals surface area (Å²) in [4.78, 5) is 27.0. The van der Waals surface area contributed by atoms with Crippen molar-refractivity contribution in [1.82, 2.24) is 20.3 Å². The van der Waals surface area contributed by atoms with Crippen LogP contribution in [0.15, 0.2) is 63.7 Å². The first kappa shape index (κ1) is 49.3. The molecule has 0 aliphatic rings. The molecule has 2 amide bonds. The molecule has 0 saturated carbocycles. The molecule has 55 heavy (non-hydrogen) atoms. The lowest BCUT2D eigenvalue weighted by atomic mass is 9.93. The van der Waals surface area contributed by atoms with Crippen molar-refractivity contribution < 1.29 is 29.1 Å². The van der Waals surface area contributed by atoms with Crippen molar-refractivity contribution in [2.24, 2.45) is 22.0 Å². The van der Waals surface area contributed by atoms with E-state index in [2.05, 4.69) is 33.2 Å². The molecule has 2 rings (SSSR count). The van der Waals surface area contributed by atoms with Crippen molar-refractivity contribution in [2.45, 2.75) is 136 Å². The van der Waals surface area contributed by atoms with Crippen molar-refractivity contribution >= 4 is 35.2 Å². The standard InChI is InChI=1S/C39H62FN7O5S.C2H6/c1-9-10-23-39(8,36(41)49)47(53-34-17-15-33(16-18-34)52-32-13-11-31(40)12-14-32)27-22-35(48)42-24-19-30(20-25-43-37(4,5)28(2)45-50)21-26-44-38(6,7)29(3)46-51;1-2/h11-18,30,43-44,50-51H,9-10,19-27H2,1-8H3,(H2,41,49)(H,42,48);1-2H3/b45-28-,46-29-;. The van der Waals surface area contributed by atoms with Gasteiger partial charge in [-0.15, -0.1) is 0 Å². The fourth-order valence-electron chi connectivity index (χ4n) is 5.44. The van der Waals surface area contributed by atoms with Crippen LogP contribution in [0.5, 0.6) is 11.5 Å². The summed E-state index contributed by atoms with van der Waals surface area (Å²) < 4.78 is 21.1. The van der Waals surface area contributed by atoms with E-state index < -0.39 is 22.5 Å². The predicted octanol–water partition coefficient (Wildman–Crippen LogP) is 8.12. The lowest BCUT2D eigenvalue weighted by Crippen LogP contribution is -2.53. The second-order valence-electron chi connectivity index (χ2n) is 14.8. The van der Waals surface area contributed by atoms with Crippen LogP contribution in [0.4, 0.5) is 4.39 Å². The van der Waals surface area contributed by atoms with E-state index in [4.69, 9.17) is 10.5 Å². The average Bonchev–Trinajstić information content (AvgIpc) is 3.16. The molecule has 7 N–H and O–H groups in total. The van der Waals surface area contributed by atoms with Gasteiger partial charge in [0, 0.05) is 24.4 Å². The van der Waals surface area contributed by atoms with Crippen LogP contribution in [0.2, 0.25) is 0 Å². The first-order valence-electron chi connectivity index (χ1n) is 19.4. The van der Waals surface area contributed by atoms with Gasteiger partial charge in [0.2, 0.25) is 11.8 Å². The van der Waals surface area contributed by atoms with Crippen LogP contribution in [-0.4, -0.2) is 80.8 Å². The number of halogens is 1. The maximum absolute atomic E-state index is 13.3. The minimum absolute atomic E-state index is 0.122. The number of hydrogen-bond donors (Lipinski definition) is 6. The molecule has 2 aromatic rings. The fraction of sp³-hybridized carbons (Fsp3) is 0.610. The predicted molar refractivity (Wildman–Crippen MR) is 223 cm³/mol. The van der Waals surface area contributed by atoms with Gasteiger partial charge in [0.1, 0.15) is 22.9 Å². The Kier molecular flexibility index (Phi) is 22.2. The Hall–Kier alpha value is -3.72. The molecule has 0 radical (unpaired) electrons. The van der Waals surface area contributed by atoms with Crippen LogP contribution >= 0.6 is 11.9 Å². The molecule has 0 heterocycles. The monoisotopic (exact) mass is 789 g/mol. The maximum Gasteiger partial charge on any atom is 0.238 e. The number of ether oxygens (including phenoxy) is 1. The van der Waals surface area contributed by atoms with E-state index in [0.717, 1.165) is 37.0 Å². The number of nitrogens with zero attached hydrogens (tertiary/aromatic N) is 3. The van der Waals surface area contributed by atoms with Gasteiger partial charge in [-0.2, -0.15) is 0 Å². The second kappa shape index (κ2) is 24.7. The maximum atomic E-state index is 13.3. The smallest absolute Gasteiger partial charge is 0.238 e. The number of nitrogens with two attached hydrogens (primary N) is 1. The summed E-state index contributed by atoms with van der Waals surface area (Å²) in [7, 11) is 0. The summed E-state index contributed by atoms with van der Waals surface area (Å²) in [5.74, 6) is 0.436. The highest BCUT2D eigenvalue weighted by atomic mass is 32.2. The van der Waals surface area contributed by atoms with Crippen LogP contribution in [0, 0.1) is 11.7 Å². The zero-order valence-corrected chi connectivity index (χ0v) is 35.6. The van der Waals surface area contributed by atoms with Gasteiger partial charge in [-0.3, -0.25) is 9.59 Å². The molecule has 0 saturated heterocycles. The Balaban J connectivity index is 0.00000743. The molecule has 0 aromatic heterocycles. The number of carbonyl (C=O) groups is 2. The Bertz CT molecular complexity index is 1450. The van der Waals surface area contributed by atoms with E-state index in [1.54, 1.807) is 38.1 Å². The summed E-state index contributed by atoms with van der Waals surface area (Å²) in [6.45, 7) is 21.4. The first-order chi connectivity index (χ1) is 26.0. The van der Waals surface area contributed by atoms with Crippen LogP contribution < -0.4 is 26.4 Å². The number of hydrogen-bond acceptors (Lipinski definition) is 11. The van der Waals surface area contributed by atoms with E-state index in [1.807, 2.05) is 64.9 Å². The molecule has 14 heteroatoms. The molecule has 310 valence electrons. The largest absolute Gasteiger partial charge is 0.457 e. The summed E-state index contributed by atoms with van der Waals surface area (Å²) in [6.07, 6.45) is 4.82. The molecule has 1 atom stereocenters. The number of amides is 2. The summed E-state index contributed by atoms with van der Waals surface area (Å²) >= 11 is 1.38. The number of unbranched alkanes of at least 4 members (excludes halogenated alkanes) is 1. The molecule has 0 aliphatic carbocycles. The Morgan fingerprint density at radius 1 is 0.855 bits per heavy atom. The number of carbonyl (C=O) groups excluding carboxylic acids is 2. The van der Waals surface area contributed by atoms with Gasteiger partial charge in [-0.25, -0.2) is 8.70 Å². The van der Waals surface area contributed by atoms with E-state index in [-0.39, 0.29) is 24.1 Å². The molecule has 1 unspecified atom stereocenters. The third-order valence-corrected chi connectivity index (χ3v) is 11.2. The minimum atomic E-state index is -0.991. The van der Waals surface area contributed by atoms with Gasteiger partial charge in [-0.1, -0.05) is 43.9 Å². The first-order valence-corrected chi connectivity index (χ1v) is 20.2. The summed E-state index contributed by atoms with van der Waals surface area (Å²) in [5.41, 5.74) is 5.25. The number of rotatable bonds is 25. The van der Waals surface area contributed by atoms with Gasteiger partial charge in [0.05, 0.1) is 22.5 Å². The topological polar surface area (TPSA) is 174 Å². The molecular formula is C41H68FN7O5S. The third-order valence-electron chi connectivity index (χ3n) is 9.95. The molecule has 0 fully saturated rings. The Morgan fingerprint density at radius 2 is 1.33 bits per heavy atom. The highest BCUT2D eigenvalue weighted by Crippen LogP contribution is 2.35. The van der Waals surface area contributed by atoms with E-state index >= 15 is 0 Å². The number of oxime groups is 2. The van der Waals surface area contributed by atoms with Crippen molar-refractivity contribution in [3.8, 4) is 11.5 Å². The lowest BCUT2D eigenvalue weighted by molar-refractivity contribution is -0.128. The van der Waals surface area contributed by atoms with Crippen LogP contribution in [0.1, 0.15) is 114 Å². The number of benzene rings is 2. The second-order valence-corrected chi connectivity index (χ2v) is 15.9. The normalized spacial score (nSPS) is 13.6. The molecular weight excluding hydrogens is 722 g/mol. The third kappa shape index (κ3) is 17.3. The molecule has 0 spiro atoms. The molecule has 0 bridgehead atoms. The lowest BCUT2D eigenvalue weighted by Gasteiger charge is -2.38. The molecule has 2 aromatic carbocycles. The van der Waals surface area contributed by atoms with Gasteiger partial charge in [-0.05, 0) is 154 Å². The van der Waals surface area contributed by atoms with Gasteiger partial charge >= 0.3 is 0 Å². The Labute approximate surface area is 333 Å². The SMILES string of the molecule is CC.CCCCC(C)(C(N)=O)N(CCC(=O)NCCC(CCNC(C)(C)/C(C)=N\O)CCNC(C)(C)/C(C)=N\O)Sc1ccc(Oc2ccc(F)cc2)cc1. The average molecular weight is 790 g/mol. The van der Waals surface area contributed by atoms with Gasteiger partial charge < -0.3 is 36.8 Å². The Morgan fingerprint density at radius 3 is 1.78 bits per heavy atom. The van der Waals surface area contributed by atoms with E-state index in [1.165, 1.54) is 24.1 Å². The quantitative estimate of drug-likeness (QED) is 0.0251. The fourth-order valence-corrected chi connectivity index (χ4v) is 6.52. The number of nitrogens with one attached hydrogen (secondary N) is 3. The van der Waals surface area contributed by atoms with Gasteiger partial charge in [0.15, 0.2) is 0 Å². The molecule has 12 nitrogen and oxygen atoms in total. The van der Waals surface area contributed by atoms with Crippen LogP contribution in [0.25, 0.3) is 0 Å². The van der Waals surface area contributed by atoms with Crippen LogP contribution in [0.3, 0.4) is 0 Å². The van der Waals surface area contributed by atoms with Crippen molar-refractivity contribution in [2.75, 3.05) is 26.2 Å². The van der Waals surface area contributed by atoms with E-state index in [9.17, 15) is 24.4 Å². The zero-order chi connectivity index (χ0) is 41.7. The zero-order valence-electron chi connectivity index (χ0n) is 34.8. The molecule has 0 aliphatic heterocycles.